The highest BCUT2D eigenvalue weighted by molar-refractivity contribution is 5.77. The molecule has 0 aliphatic carbocycles. The first-order valence-corrected chi connectivity index (χ1v) is 10.4. The van der Waals surface area contributed by atoms with Crippen LogP contribution in [0.5, 0.6) is 5.75 Å². The van der Waals surface area contributed by atoms with Gasteiger partial charge in [-0.25, -0.2) is 4.79 Å². The van der Waals surface area contributed by atoms with Crippen molar-refractivity contribution in [2.24, 2.45) is 5.41 Å². The molecule has 2 aliphatic rings. The fourth-order valence-electron chi connectivity index (χ4n) is 4.22. The van der Waals surface area contributed by atoms with E-state index in [4.69, 9.17) is 19.4 Å². The van der Waals surface area contributed by atoms with Gasteiger partial charge in [-0.2, -0.15) is 13.2 Å². The van der Waals surface area contributed by atoms with Crippen molar-refractivity contribution < 1.29 is 37.3 Å². The lowest BCUT2D eigenvalue weighted by molar-refractivity contribution is -0.192. The maximum absolute atomic E-state index is 12.4. The van der Waals surface area contributed by atoms with E-state index in [0.29, 0.717) is 11.5 Å². The molecule has 1 amide bonds. The Hall–Kier alpha value is -2.33. The molecule has 2 aliphatic heterocycles. The number of likely N-dealkylation sites (tertiary alicyclic amines) is 2. The highest BCUT2D eigenvalue weighted by atomic mass is 19.4. The molecule has 1 aromatic carbocycles. The van der Waals surface area contributed by atoms with Gasteiger partial charge in [0, 0.05) is 32.8 Å². The maximum Gasteiger partial charge on any atom is 0.490 e. The number of hydrogen-bond acceptors (Lipinski definition) is 5. The molecule has 3 rings (SSSR count). The summed E-state index contributed by atoms with van der Waals surface area (Å²) < 4.78 is 42.7. The van der Waals surface area contributed by atoms with Crippen molar-refractivity contribution in [1.29, 1.82) is 0 Å². The third kappa shape index (κ3) is 7.37. The standard InChI is InChI=1S/C20H30N2O3.C2HF3O2/c1-16-4-6-18(7-5-16)25-14-19(23)22-10-8-20(9-11-22)12-17(13-24-3)21(2)15-20;3-2(4,5)1(6)7/h4-7,17H,8-15H2,1-3H3;(H,6,7). The van der Waals surface area contributed by atoms with E-state index < -0.39 is 12.1 Å². The normalized spacial score (nSPS) is 20.6. The number of alkyl halides is 3. The van der Waals surface area contributed by atoms with Crippen molar-refractivity contribution in [3.05, 3.63) is 29.8 Å². The van der Waals surface area contributed by atoms with Crippen LogP contribution in [0.2, 0.25) is 0 Å². The molecule has 180 valence electrons. The van der Waals surface area contributed by atoms with Crippen molar-refractivity contribution in [2.75, 3.05) is 47.0 Å². The Bertz CT molecular complexity index is 762. The zero-order valence-electron chi connectivity index (χ0n) is 18.7. The Kier molecular flexibility index (Phi) is 8.91. The number of likely N-dealkylation sites (N-methyl/N-ethyl adjacent to an activating group) is 1. The smallest absolute Gasteiger partial charge is 0.484 e. The van der Waals surface area contributed by atoms with Gasteiger partial charge in [-0.1, -0.05) is 17.7 Å². The lowest BCUT2D eigenvalue weighted by Crippen LogP contribution is -2.45. The molecule has 0 aromatic heterocycles. The summed E-state index contributed by atoms with van der Waals surface area (Å²) in [6, 6.07) is 8.34. The topological polar surface area (TPSA) is 79.3 Å². The van der Waals surface area contributed by atoms with Crippen molar-refractivity contribution in [1.82, 2.24) is 9.80 Å². The molecule has 10 heteroatoms. The Morgan fingerprint density at radius 1 is 1.19 bits per heavy atom. The molecule has 1 spiro atoms. The first kappa shape index (κ1) is 25.9. The van der Waals surface area contributed by atoms with Gasteiger partial charge in [0.05, 0.1) is 6.61 Å². The van der Waals surface area contributed by atoms with Crippen LogP contribution in [0.1, 0.15) is 24.8 Å². The van der Waals surface area contributed by atoms with E-state index >= 15 is 0 Å². The van der Waals surface area contributed by atoms with E-state index in [1.54, 1.807) is 7.11 Å². The summed E-state index contributed by atoms with van der Waals surface area (Å²) in [6.45, 7) is 5.75. The predicted molar refractivity (Wildman–Crippen MR) is 112 cm³/mol. The van der Waals surface area contributed by atoms with Gasteiger partial charge in [-0.3, -0.25) is 4.79 Å². The molecule has 7 nitrogen and oxygen atoms in total. The molecule has 32 heavy (non-hydrogen) atoms. The fourth-order valence-corrected chi connectivity index (χ4v) is 4.22. The molecule has 2 heterocycles. The lowest BCUT2D eigenvalue weighted by Gasteiger charge is -2.39. The van der Waals surface area contributed by atoms with Gasteiger partial charge in [0.2, 0.25) is 0 Å². The summed E-state index contributed by atoms with van der Waals surface area (Å²) in [5.74, 6) is -1.91. The Balaban J connectivity index is 0.000000451. The van der Waals surface area contributed by atoms with Crippen molar-refractivity contribution >= 4 is 11.9 Å². The van der Waals surface area contributed by atoms with Crippen LogP contribution >= 0.6 is 0 Å². The first-order valence-electron chi connectivity index (χ1n) is 10.4. The predicted octanol–water partition coefficient (Wildman–Crippen LogP) is 2.97. The Labute approximate surface area is 186 Å². The van der Waals surface area contributed by atoms with E-state index in [9.17, 15) is 18.0 Å². The minimum atomic E-state index is -5.08. The number of aryl methyl sites for hydroxylation is 1. The third-order valence-electron chi connectivity index (χ3n) is 6.04. The molecule has 0 bridgehead atoms. The lowest BCUT2D eigenvalue weighted by atomic mass is 9.76. The van der Waals surface area contributed by atoms with Gasteiger partial charge < -0.3 is 24.4 Å². The summed E-state index contributed by atoms with van der Waals surface area (Å²) in [5, 5.41) is 7.12. The van der Waals surface area contributed by atoms with Crippen LogP contribution in [0, 0.1) is 12.3 Å². The zero-order valence-corrected chi connectivity index (χ0v) is 18.7. The monoisotopic (exact) mass is 460 g/mol. The van der Waals surface area contributed by atoms with Gasteiger partial charge in [-0.05, 0) is 50.8 Å². The van der Waals surface area contributed by atoms with Crippen molar-refractivity contribution in [3.63, 3.8) is 0 Å². The molecular weight excluding hydrogens is 429 g/mol. The fraction of sp³-hybridized carbons (Fsp3) is 0.636. The number of halogens is 3. The maximum atomic E-state index is 12.4. The molecule has 1 atom stereocenters. The van der Waals surface area contributed by atoms with E-state index in [1.165, 1.54) is 12.0 Å². The van der Waals surface area contributed by atoms with Crippen LogP contribution in [0.4, 0.5) is 13.2 Å². The third-order valence-corrected chi connectivity index (χ3v) is 6.04. The second-order valence-corrected chi connectivity index (χ2v) is 8.51. The molecule has 1 unspecified atom stereocenters. The highest BCUT2D eigenvalue weighted by Gasteiger charge is 2.44. The van der Waals surface area contributed by atoms with E-state index in [1.807, 2.05) is 36.1 Å². The van der Waals surface area contributed by atoms with Crippen molar-refractivity contribution in [2.45, 2.75) is 38.4 Å². The number of carbonyl (C=O) groups excluding carboxylic acids is 1. The van der Waals surface area contributed by atoms with Gasteiger partial charge in [0.25, 0.3) is 5.91 Å². The number of carbonyl (C=O) groups is 2. The number of nitrogens with zero attached hydrogens (tertiary/aromatic N) is 2. The average molecular weight is 460 g/mol. The van der Waals surface area contributed by atoms with E-state index in [0.717, 1.165) is 44.8 Å². The van der Waals surface area contributed by atoms with Gasteiger partial charge in [-0.15, -0.1) is 0 Å². The molecule has 2 saturated heterocycles. The van der Waals surface area contributed by atoms with Gasteiger partial charge >= 0.3 is 12.1 Å². The number of methoxy groups -OCH3 is 1. The van der Waals surface area contributed by atoms with Crippen LogP contribution in [0.3, 0.4) is 0 Å². The summed E-state index contributed by atoms with van der Waals surface area (Å²) in [6.07, 6.45) is -1.75. The number of hydrogen-bond donors (Lipinski definition) is 1. The summed E-state index contributed by atoms with van der Waals surface area (Å²) >= 11 is 0. The number of carboxylic acids is 1. The zero-order chi connectivity index (χ0) is 23.9. The SMILES string of the molecule is COCC1CC2(CCN(C(=O)COc3ccc(C)cc3)CC2)CN1C.O=C(O)C(F)(F)F. The second kappa shape index (κ2) is 11.0. The number of aliphatic carboxylic acids is 1. The molecule has 1 aromatic rings. The number of carboxylic acid groups (broad SMARTS) is 1. The van der Waals surface area contributed by atoms with E-state index in [-0.39, 0.29) is 12.5 Å². The first-order chi connectivity index (χ1) is 15.0. The molecule has 0 radical (unpaired) electrons. The van der Waals surface area contributed by atoms with Gasteiger partial charge in [0.1, 0.15) is 5.75 Å². The average Bonchev–Trinajstić information content (AvgIpc) is 3.02. The number of amides is 1. The Morgan fingerprint density at radius 2 is 1.75 bits per heavy atom. The number of piperidine rings is 1. The molecular formula is C22H31F3N2O5. The van der Waals surface area contributed by atoms with Crippen LogP contribution < -0.4 is 4.74 Å². The number of rotatable bonds is 5. The van der Waals surface area contributed by atoms with Crippen LogP contribution in [-0.2, 0) is 14.3 Å². The summed E-state index contributed by atoms with van der Waals surface area (Å²) in [5.41, 5.74) is 1.54. The second-order valence-electron chi connectivity index (χ2n) is 8.51. The summed E-state index contributed by atoms with van der Waals surface area (Å²) in [7, 11) is 3.96. The minimum absolute atomic E-state index is 0.0928. The molecule has 2 fully saturated rings. The minimum Gasteiger partial charge on any atom is -0.484 e. The van der Waals surface area contributed by atoms with Crippen LogP contribution in [0.25, 0.3) is 0 Å². The van der Waals surface area contributed by atoms with E-state index in [2.05, 4.69) is 11.9 Å². The molecule has 1 N–H and O–H groups in total. The van der Waals surface area contributed by atoms with Gasteiger partial charge in [0.15, 0.2) is 6.61 Å². The quantitative estimate of drug-likeness (QED) is 0.728. The van der Waals surface area contributed by atoms with Crippen molar-refractivity contribution in [3.8, 4) is 5.75 Å². The highest BCUT2D eigenvalue weighted by Crippen LogP contribution is 2.42. The summed E-state index contributed by atoms with van der Waals surface area (Å²) in [4.78, 5) is 25.7. The molecule has 0 saturated carbocycles. The Morgan fingerprint density at radius 3 is 2.25 bits per heavy atom. The van der Waals surface area contributed by atoms with Crippen LogP contribution in [0.15, 0.2) is 24.3 Å². The van der Waals surface area contributed by atoms with Crippen LogP contribution in [-0.4, -0.2) is 86.0 Å². The number of ether oxygens (including phenoxy) is 2. The number of benzene rings is 1. The largest absolute Gasteiger partial charge is 0.490 e.